The Hall–Kier alpha value is -2.49. The standard InChI is InChI=1S/C24H32N4O3.HI/c1-25-24(27-16-20-9-10-21(30-2)14-22(20)31-3)26-15-19-13-23(29)28(17-19)12-11-18-7-5-4-6-8-18;/h4-10,14,19H,11-13,15-17H2,1-3H3,(H2,25,26,27);1H. The maximum absolute atomic E-state index is 12.4. The predicted octanol–water partition coefficient (Wildman–Crippen LogP) is 3.08. The molecule has 1 aliphatic heterocycles. The van der Waals surface area contributed by atoms with Crippen LogP contribution in [0.1, 0.15) is 17.5 Å². The van der Waals surface area contributed by atoms with Gasteiger partial charge in [0.25, 0.3) is 0 Å². The zero-order valence-electron chi connectivity index (χ0n) is 19.0. The second-order valence-corrected chi connectivity index (χ2v) is 7.63. The van der Waals surface area contributed by atoms with Gasteiger partial charge in [0.05, 0.1) is 14.2 Å². The number of methoxy groups -OCH3 is 2. The Morgan fingerprint density at radius 2 is 1.91 bits per heavy atom. The summed E-state index contributed by atoms with van der Waals surface area (Å²) < 4.78 is 10.7. The van der Waals surface area contributed by atoms with Gasteiger partial charge in [-0.15, -0.1) is 24.0 Å². The average molecular weight is 552 g/mol. The Kier molecular flexibility index (Phi) is 10.6. The number of rotatable bonds is 9. The Labute approximate surface area is 207 Å². The summed E-state index contributed by atoms with van der Waals surface area (Å²) >= 11 is 0. The van der Waals surface area contributed by atoms with E-state index < -0.39 is 0 Å². The number of aliphatic imine (C=N–C) groups is 1. The van der Waals surface area contributed by atoms with Crippen molar-refractivity contribution in [1.82, 2.24) is 15.5 Å². The molecule has 0 spiro atoms. The molecule has 1 fully saturated rings. The maximum atomic E-state index is 12.4. The number of likely N-dealkylation sites (tertiary alicyclic amines) is 1. The van der Waals surface area contributed by atoms with Crippen molar-refractivity contribution < 1.29 is 14.3 Å². The molecular formula is C24H33IN4O3. The fourth-order valence-corrected chi connectivity index (χ4v) is 3.75. The van der Waals surface area contributed by atoms with Crippen LogP contribution in [0.3, 0.4) is 0 Å². The van der Waals surface area contributed by atoms with Gasteiger partial charge in [-0.05, 0) is 24.1 Å². The molecule has 1 aliphatic rings. The Bertz CT molecular complexity index is 892. The smallest absolute Gasteiger partial charge is 0.223 e. The number of benzene rings is 2. The summed E-state index contributed by atoms with van der Waals surface area (Å²) in [7, 11) is 5.02. The van der Waals surface area contributed by atoms with E-state index in [0.717, 1.165) is 36.6 Å². The molecule has 0 radical (unpaired) electrons. The van der Waals surface area contributed by atoms with Gasteiger partial charge in [-0.1, -0.05) is 30.3 Å². The van der Waals surface area contributed by atoms with E-state index in [1.165, 1.54) is 5.56 Å². The van der Waals surface area contributed by atoms with Crippen LogP contribution in [0.25, 0.3) is 0 Å². The van der Waals surface area contributed by atoms with Crippen molar-refractivity contribution >= 4 is 35.8 Å². The number of ether oxygens (including phenoxy) is 2. The van der Waals surface area contributed by atoms with Gasteiger partial charge < -0.3 is 25.0 Å². The molecule has 0 aliphatic carbocycles. The van der Waals surface area contributed by atoms with Crippen LogP contribution < -0.4 is 20.1 Å². The lowest BCUT2D eigenvalue weighted by Crippen LogP contribution is -2.40. The third-order valence-electron chi connectivity index (χ3n) is 5.53. The van der Waals surface area contributed by atoms with Gasteiger partial charge in [0, 0.05) is 57.2 Å². The van der Waals surface area contributed by atoms with Gasteiger partial charge in [0.1, 0.15) is 11.5 Å². The summed E-state index contributed by atoms with van der Waals surface area (Å²) in [6, 6.07) is 16.0. The molecule has 3 rings (SSSR count). The monoisotopic (exact) mass is 552 g/mol. The van der Waals surface area contributed by atoms with Gasteiger partial charge in [-0.2, -0.15) is 0 Å². The summed E-state index contributed by atoms with van der Waals surface area (Å²) in [6.45, 7) is 2.82. The maximum Gasteiger partial charge on any atom is 0.223 e. The molecule has 174 valence electrons. The fraction of sp³-hybridized carbons (Fsp3) is 0.417. The molecule has 0 aromatic heterocycles. The highest BCUT2D eigenvalue weighted by atomic mass is 127. The second-order valence-electron chi connectivity index (χ2n) is 7.63. The van der Waals surface area contributed by atoms with E-state index in [1.54, 1.807) is 21.3 Å². The Balaban J connectivity index is 0.00000363. The third-order valence-corrected chi connectivity index (χ3v) is 5.53. The average Bonchev–Trinajstić information content (AvgIpc) is 3.17. The van der Waals surface area contributed by atoms with Gasteiger partial charge in [0.2, 0.25) is 5.91 Å². The van der Waals surface area contributed by atoms with Crippen LogP contribution in [0, 0.1) is 5.92 Å². The minimum Gasteiger partial charge on any atom is -0.497 e. The number of hydrogen-bond acceptors (Lipinski definition) is 4. The third kappa shape index (κ3) is 7.29. The summed E-state index contributed by atoms with van der Waals surface area (Å²) in [5.74, 6) is 2.72. The van der Waals surface area contributed by atoms with Gasteiger partial charge in [-0.25, -0.2) is 0 Å². The number of guanidine groups is 1. The molecule has 1 amide bonds. The van der Waals surface area contributed by atoms with E-state index in [1.807, 2.05) is 41.3 Å². The highest BCUT2D eigenvalue weighted by molar-refractivity contribution is 14.0. The first-order chi connectivity index (χ1) is 15.1. The lowest BCUT2D eigenvalue weighted by Gasteiger charge is -2.18. The molecule has 1 atom stereocenters. The van der Waals surface area contributed by atoms with Crippen LogP contribution in [-0.2, 0) is 17.8 Å². The van der Waals surface area contributed by atoms with E-state index in [0.29, 0.717) is 25.5 Å². The number of nitrogens with one attached hydrogen (secondary N) is 2. The lowest BCUT2D eigenvalue weighted by molar-refractivity contribution is -0.127. The number of carbonyl (C=O) groups is 1. The summed E-state index contributed by atoms with van der Waals surface area (Å²) in [6.07, 6.45) is 1.46. The molecule has 2 N–H and O–H groups in total. The van der Waals surface area contributed by atoms with Gasteiger partial charge >= 0.3 is 0 Å². The van der Waals surface area contributed by atoms with Crippen LogP contribution in [0.2, 0.25) is 0 Å². The highest BCUT2D eigenvalue weighted by Crippen LogP contribution is 2.24. The SMILES string of the molecule is CN=C(NCc1ccc(OC)cc1OC)NCC1CC(=O)N(CCc2ccccc2)C1.I. The lowest BCUT2D eigenvalue weighted by atomic mass is 10.1. The molecular weight excluding hydrogens is 519 g/mol. The van der Waals surface area contributed by atoms with E-state index >= 15 is 0 Å². The quantitative estimate of drug-likeness (QED) is 0.284. The summed E-state index contributed by atoms with van der Waals surface area (Å²) in [5, 5.41) is 6.66. The normalized spacial score (nSPS) is 15.8. The van der Waals surface area contributed by atoms with Crippen molar-refractivity contribution in [1.29, 1.82) is 0 Å². The minimum absolute atomic E-state index is 0. The molecule has 0 bridgehead atoms. The van der Waals surface area contributed by atoms with E-state index in [4.69, 9.17) is 9.47 Å². The molecule has 2 aromatic carbocycles. The second kappa shape index (κ2) is 13.1. The largest absolute Gasteiger partial charge is 0.497 e. The molecule has 8 heteroatoms. The van der Waals surface area contributed by atoms with Gasteiger partial charge in [-0.3, -0.25) is 9.79 Å². The van der Waals surface area contributed by atoms with Crippen LogP contribution in [0.5, 0.6) is 11.5 Å². The first kappa shape index (κ1) is 25.8. The van der Waals surface area contributed by atoms with E-state index in [-0.39, 0.29) is 35.8 Å². The minimum atomic E-state index is 0. The van der Waals surface area contributed by atoms with Crippen molar-refractivity contribution in [2.75, 3.05) is 40.9 Å². The number of amides is 1. The molecule has 32 heavy (non-hydrogen) atoms. The Morgan fingerprint density at radius 3 is 2.59 bits per heavy atom. The first-order valence-corrected chi connectivity index (χ1v) is 10.6. The zero-order valence-corrected chi connectivity index (χ0v) is 21.3. The molecule has 2 aromatic rings. The topological polar surface area (TPSA) is 75.2 Å². The summed E-state index contributed by atoms with van der Waals surface area (Å²) in [4.78, 5) is 18.6. The first-order valence-electron chi connectivity index (χ1n) is 10.6. The van der Waals surface area contributed by atoms with Crippen molar-refractivity contribution in [3.05, 3.63) is 59.7 Å². The van der Waals surface area contributed by atoms with Crippen molar-refractivity contribution in [2.45, 2.75) is 19.4 Å². The number of hydrogen-bond donors (Lipinski definition) is 2. The van der Waals surface area contributed by atoms with Gasteiger partial charge in [0.15, 0.2) is 5.96 Å². The fourth-order valence-electron chi connectivity index (χ4n) is 3.75. The van der Waals surface area contributed by atoms with Crippen LogP contribution >= 0.6 is 24.0 Å². The molecule has 1 unspecified atom stereocenters. The van der Waals surface area contributed by atoms with Crippen molar-refractivity contribution in [3.8, 4) is 11.5 Å². The molecule has 7 nitrogen and oxygen atoms in total. The predicted molar refractivity (Wildman–Crippen MR) is 138 cm³/mol. The molecule has 1 heterocycles. The number of nitrogens with zero attached hydrogens (tertiary/aromatic N) is 2. The molecule has 0 saturated carbocycles. The van der Waals surface area contributed by atoms with Crippen LogP contribution in [0.4, 0.5) is 0 Å². The Morgan fingerprint density at radius 1 is 1.12 bits per heavy atom. The van der Waals surface area contributed by atoms with Crippen molar-refractivity contribution in [2.24, 2.45) is 10.9 Å². The van der Waals surface area contributed by atoms with E-state index in [9.17, 15) is 4.79 Å². The number of carbonyl (C=O) groups excluding carboxylic acids is 1. The van der Waals surface area contributed by atoms with Crippen LogP contribution in [-0.4, -0.2) is 57.7 Å². The highest BCUT2D eigenvalue weighted by Gasteiger charge is 2.29. The van der Waals surface area contributed by atoms with Crippen molar-refractivity contribution in [3.63, 3.8) is 0 Å². The van der Waals surface area contributed by atoms with E-state index in [2.05, 4.69) is 27.8 Å². The van der Waals surface area contributed by atoms with Crippen LogP contribution in [0.15, 0.2) is 53.5 Å². The zero-order chi connectivity index (χ0) is 22.1. The number of halogens is 1. The molecule has 1 saturated heterocycles. The summed E-state index contributed by atoms with van der Waals surface area (Å²) in [5.41, 5.74) is 2.27.